The zero-order chi connectivity index (χ0) is 17.5. The van der Waals surface area contributed by atoms with E-state index in [-0.39, 0.29) is 18.5 Å². The summed E-state index contributed by atoms with van der Waals surface area (Å²) < 4.78 is 10.5. The number of carbonyl (C=O) groups is 1. The third kappa shape index (κ3) is 4.87. The number of aromatic nitrogens is 3. The van der Waals surface area contributed by atoms with E-state index in [2.05, 4.69) is 20.3 Å². The Bertz CT molecular complexity index is 705. The van der Waals surface area contributed by atoms with Crippen LogP contribution in [0, 0.1) is 0 Å². The van der Waals surface area contributed by atoms with Gasteiger partial charge < -0.3 is 19.7 Å². The molecule has 0 unspecified atom stereocenters. The van der Waals surface area contributed by atoms with Crippen molar-refractivity contribution in [3.63, 3.8) is 0 Å². The Morgan fingerprint density at radius 1 is 1.20 bits per heavy atom. The van der Waals surface area contributed by atoms with Gasteiger partial charge >= 0.3 is 6.01 Å². The molecule has 1 N–H and O–H groups in total. The highest BCUT2D eigenvalue weighted by Crippen LogP contribution is 2.13. The summed E-state index contributed by atoms with van der Waals surface area (Å²) in [6.45, 7) is 2.93. The Labute approximate surface area is 146 Å². The maximum atomic E-state index is 12.1. The van der Waals surface area contributed by atoms with Gasteiger partial charge in [0.25, 0.3) is 0 Å². The predicted octanol–water partition coefficient (Wildman–Crippen LogP) is 0.576. The predicted molar refractivity (Wildman–Crippen MR) is 91.4 cm³/mol. The highest BCUT2D eigenvalue weighted by molar-refractivity contribution is 5.78. The molecule has 1 aliphatic heterocycles. The summed E-state index contributed by atoms with van der Waals surface area (Å²) in [4.78, 5) is 27.0. The first-order valence-corrected chi connectivity index (χ1v) is 8.17. The van der Waals surface area contributed by atoms with Gasteiger partial charge in [0.2, 0.25) is 11.9 Å². The summed E-state index contributed by atoms with van der Waals surface area (Å²) in [5, 5.41) is 2.84. The molecular weight excluding hydrogens is 322 g/mol. The largest absolute Gasteiger partial charge is 0.467 e. The van der Waals surface area contributed by atoms with Crippen LogP contribution in [0.5, 0.6) is 6.01 Å². The maximum Gasteiger partial charge on any atom is 0.321 e. The van der Waals surface area contributed by atoms with Gasteiger partial charge in [-0.3, -0.25) is 4.79 Å². The number of ether oxygens (including phenoxy) is 2. The van der Waals surface area contributed by atoms with E-state index in [1.807, 2.05) is 35.2 Å². The van der Waals surface area contributed by atoms with E-state index in [0.29, 0.717) is 44.5 Å². The van der Waals surface area contributed by atoms with Crippen LogP contribution in [0.3, 0.4) is 0 Å². The first-order chi connectivity index (χ1) is 12.2. The number of amides is 1. The average Bonchev–Trinajstić information content (AvgIpc) is 2.67. The Kier molecular flexibility index (Phi) is 5.73. The van der Waals surface area contributed by atoms with E-state index in [0.717, 1.165) is 5.56 Å². The Balaban J connectivity index is 1.63. The number of benzene rings is 1. The second-order valence-corrected chi connectivity index (χ2v) is 5.58. The lowest BCUT2D eigenvalue weighted by molar-refractivity contribution is -0.120. The Morgan fingerprint density at radius 3 is 2.68 bits per heavy atom. The van der Waals surface area contributed by atoms with Crippen molar-refractivity contribution in [2.75, 3.05) is 38.3 Å². The maximum absolute atomic E-state index is 12.1. The first kappa shape index (κ1) is 17.1. The molecule has 2 aromatic rings. The van der Waals surface area contributed by atoms with Gasteiger partial charge in [-0.05, 0) is 5.56 Å². The molecule has 1 saturated heterocycles. The topological polar surface area (TPSA) is 89.5 Å². The van der Waals surface area contributed by atoms with E-state index in [9.17, 15) is 4.79 Å². The van der Waals surface area contributed by atoms with Crippen molar-refractivity contribution < 1.29 is 14.3 Å². The monoisotopic (exact) mass is 343 g/mol. The van der Waals surface area contributed by atoms with Gasteiger partial charge in [0, 0.05) is 13.1 Å². The molecule has 2 heterocycles. The third-order valence-electron chi connectivity index (χ3n) is 3.78. The highest BCUT2D eigenvalue weighted by atomic mass is 16.5. The van der Waals surface area contributed by atoms with Crippen molar-refractivity contribution in [3.05, 3.63) is 41.7 Å². The summed E-state index contributed by atoms with van der Waals surface area (Å²) in [5.41, 5.74) is 0.960. The molecule has 25 heavy (non-hydrogen) atoms. The summed E-state index contributed by atoms with van der Waals surface area (Å²) in [5.74, 6) is 0.927. The van der Waals surface area contributed by atoms with Crippen LogP contribution in [-0.2, 0) is 22.5 Å². The van der Waals surface area contributed by atoms with Gasteiger partial charge in [-0.2, -0.15) is 15.0 Å². The number of anilines is 1. The summed E-state index contributed by atoms with van der Waals surface area (Å²) >= 11 is 0. The fourth-order valence-electron chi connectivity index (χ4n) is 2.48. The van der Waals surface area contributed by atoms with Gasteiger partial charge in [0.05, 0.1) is 33.3 Å². The van der Waals surface area contributed by atoms with Crippen LogP contribution >= 0.6 is 0 Å². The van der Waals surface area contributed by atoms with Gasteiger partial charge in [-0.1, -0.05) is 30.3 Å². The molecule has 1 aliphatic rings. The quantitative estimate of drug-likeness (QED) is 0.820. The van der Waals surface area contributed by atoms with E-state index < -0.39 is 0 Å². The SMILES string of the molecule is COc1nc(CNC(=O)Cc2ccccc2)nc(N2CCOCC2)n1. The van der Waals surface area contributed by atoms with Gasteiger partial charge in [0.1, 0.15) is 0 Å². The van der Waals surface area contributed by atoms with E-state index in [1.165, 1.54) is 7.11 Å². The molecule has 1 fully saturated rings. The minimum absolute atomic E-state index is 0.0847. The lowest BCUT2D eigenvalue weighted by Crippen LogP contribution is -2.37. The summed E-state index contributed by atoms with van der Waals surface area (Å²) in [6.07, 6.45) is 0.319. The van der Waals surface area contributed by atoms with Crippen LogP contribution in [0.2, 0.25) is 0 Å². The number of nitrogens with zero attached hydrogens (tertiary/aromatic N) is 4. The first-order valence-electron chi connectivity index (χ1n) is 8.17. The summed E-state index contributed by atoms with van der Waals surface area (Å²) in [7, 11) is 1.51. The van der Waals surface area contributed by atoms with Crippen molar-refractivity contribution in [1.82, 2.24) is 20.3 Å². The number of carbonyl (C=O) groups excluding carboxylic acids is 1. The van der Waals surface area contributed by atoms with Gasteiger partial charge in [-0.25, -0.2) is 0 Å². The molecule has 0 spiro atoms. The van der Waals surface area contributed by atoms with Crippen molar-refractivity contribution in [2.24, 2.45) is 0 Å². The molecule has 1 amide bonds. The fourth-order valence-corrected chi connectivity index (χ4v) is 2.48. The zero-order valence-corrected chi connectivity index (χ0v) is 14.1. The molecule has 0 radical (unpaired) electrons. The number of rotatable bonds is 6. The molecule has 0 atom stereocenters. The molecular formula is C17H21N5O3. The number of nitrogens with one attached hydrogen (secondary N) is 1. The molecule has 1 aromatic carbocycles. The van der Waals surface area contributed by atoms with Crippen LogP contribution < -0.4 is 15.0 Å². The molecule has 8 heteroatoms. The van der Waals surface area contributed by atoms with Gasteiger partial charge in [0.15, 0.2) is 5.82 Å². The van der Waals surface area contributed by atoms with Crippen LogP contribution in [0.25, 0.3) is 0 Å². The zero-order valence-electron chi connectivity index (χ0n) is 14.1. The van der Waals surface area contributed by atoms with Crippen LogP contribution in [0.15, 0.2) is 30.3 Å². The Hall–Kier alpha value is -2.74. The third-order valence-corrected chi connectivity index (χ3v) is 3.78. The van der Waals surface area contributed by atoms with E-state index in [1.54, 1.807) is 0 Å². The van der Waals surface area contributed by atoms with Crippen molar-refractivity contribution in [3.8, 4) is 6.01 Å². The van der Waals surface area contributed by atoms with Crippen molar-refractivity contribution >= 4 is 11.9 Å². The fraction of sp³-hybridized carbons (Fsp3) is 0.412. The van der Waals surface area contributed by atoms with Gasteiger partial charge in [-0.15, -0.1) is 0 Å². The Morgan fingerprint density at radius 2 is 1.96 bits per heavy atom. The smallest absolute Gasteiger partial charge is 0.321 e. The summed E-state index contributed by atoms with van der Waals surface area (Å²) in [6, 6.07) is 9.82. The highest BCUT2D eigenvalue weighted by Gasteiger charge is 2.17. The lowest BCUT2D eigenvalue weighted by atomic mass is 10.1. The van der Waals surface area contributed by atoms with Crippen molar-refractivity contribution in [1.29, 1.82) is 0 Å². The molecule has 1 aromatic heterocycles. The standard InChI is InChI=1S/C17H21N5O3/c1-24-17-20-14(19-16(21-17)22-7-9-25-10-8-22)12-18-15(23)11-13-5-3-2-4-6-13/h2-6H,7-12H2,1H3,(H,18,23). The molecule has 0 bridgehead atoms. The molecule has 132 valence electrons. The number of hydrogen-bond donors (Lipinski definition) is 1. The van der Waals surface area contributed by atoms with Crippen molar-refractivity contribution in [2.45, 2.75) is 13.0 Å². The van der Waals surface area contributed by atoms with E-state index >= 15 is 0 Å². The minimum atomic E-state index is -0.0847. The average molecular weight is 343 g/mol. The number of hydrogen-bond acceptors (Lipinski definition) is 7. The molecule has 0 saturated carbocycles. The number of methoxy groups -OCH3 is 1. The van der Waals surface area contributed by atoms with E-state index in [4.69, 9.17) is 9.47 Å². The minimum Gasteiger partial charge on any atom is -0.467 e. The lowest BCUT2D eigenvalue weighted by Gasteiger charge is -2.26. The van der Waals surface area contributed by atoms with Crippen LogP contribution in [0.4, 0.5) is 5.95 Å². The second-order valence-electron chi connectivity index (χ2n) is 5.58. The normalized spacial score (nSPS) is 14.2. The second kappa shape index (κ2) is 8.39. The molecule has 3 rings (SSSR count). The van der Waals surface area contributed by atoms with Crippen LogP contribution in [-0.4, -0.2) is 54.3 Å². The molecule has 0 aliphatic carbocycles. The number of morpholine rings is 1. The van der Waals surface area contributed by atoms with Crippen LogP contribution in [0.1, 0.15) is 11.4 Å². The molecule has 8 nitrogen and oxygen atoms in total.